The average molecular weight is 197 g/mol. The lowest BCUT2D eigenvalue weighted by atomic mass is 10.1. The molecule has 1 aliphatic carbocycles. The molecule has 3 fully saturated rings. The van der Waals surface area contributed by atoms with E-state index in [-0.39, 0.29) is 5.41 Å². The van der Waals surface area contributed by atoms with E-state index in [2.05, 4.69) is 4.90 Å². The zero-order valence-electron chi connectivity index (χ0n) is 8.61. The predicted octanol–water partition coefficient (Wildman–Crippen LogP) is 0.622. The van der Waals surface area contributed by atoms with Crippen molar-refractivity contribution >= 4 is 0 Å². The van der Waals surface area contributed by atoms with Gasteiger partial charge in [-0.25, -0.2) is 0 Å². The van der Waals surface area contributed by atoms with Gasteiger partial charge in [-0.1, -0.05) is 0 Å². The largest absolute Gasteiger partial charge is 0.396 e. The highest BCUT2D eigenvalue weighted by Crippen LogP contribution is 2.46. The number of likely N-dealkylation sites (tertiary alicyclic amines) is 1. The maximum Gasteiger partial charge on any atom is 0.0707 e. The molecule has 3 heteroatoms. The number of morpholine rings is 1. The van der Waals surface area contributed by atoms with Crippen LogP contribution in [0.1, 0.15) is 25.7 Å². The minimum Gasteiger partial charge on any atom is -0.396 e. The van der Waals surface area contributed by atoms with E-state index < -0.39 is 0 Å². The minimum atomic E-state index is 0.275. The van der Waals surface area contributed by atoms with Crippen LogP contribution < -0.4 is 0 Å². The molecule has 14 heavy (non-hydrogen) atoms. The summed E-state index contributed by atoms with van der Waals surface area (Å²) in [4.78, 5) is 2.51. The number of rotatable bonds is 3. The Morgan fingerprint density at radius 1 is 1.21 bits per heavy atom. The molecule has 3 rings (SSSR count). The average Bonchev–Trinajstić information content (AvgIpc) is 2.88. The number of aliphatic hydroxyl groups is 1. The van der Waals surface area contributed by atoms with Crippen molar-refractivity contribution < 1.29 is 9.84 Å². The Kier molecular flexibility index (Phi) is 2.08. The third-order valence-corrected chi connectivity index (χ3v) is 3.97. The normalized spacial score (nSPS) is 40.1. The summed E-state index contributed by atoms with van der Waals surface area (Å²) in [7, 11) is 0. The maximum absolute atomic E-state index is 9.28. The summed E-state index contributed by atoms with van der Waals surface area (Å²) in [6.45, 7) is 3.66. The second-order valence-corrected chi connectivity index (χ2v) is 5.31. The predicted molar refractivity (Wildman–Crippen MR) is 53.1 cm³/mol. The first-order chi connectivity index (χ1) is 6.80. The number of hydrogen-bond donors (Lipinski definition) is 1. The molecule has 2 unspecified atom stereocenters. The van der Waals surface area contributed by atoms with Crippen LogP contribution in [0.2, 0.25) is 0 Å². The number of nitrogens with zero attached hydrogens (tertiary/aromatic N) is 1. The zero-order chi connectivity index (χ0) is 9.60. The summed E-state index contributed by atoms with van der Waals surface area (Å²) >= 11 is 0. The van der Waals surface area contributed by atoms with Crippen LogP contribution in [0.15, 0.2) is 0 Å². The highest BCUT2D eigenvalue weighted by molar-refractivity contribution is 4.97. The van der Waals surface area contributed by atoms with E-state index in [4.69, 9.17) is 4.74 Å². The van der Waals surface area contributed by atoms with E-state index in [1.54, 1.807) is 0 Å². The number of ether oxygens (including phenoxy) is 1. The van der Waals surface area contributed by atoms with Crippen LogP contribution in [0.4, 0.5) is 0 Å². The van der Waals surface area contributed by atoms with E-state index in [0.29, 0.717) is 18.8 Å². The van der Waals surface area contributed by atoms with Gasteiger partial charge in [-0.05, 0) is 25.7 Å². The Bertz CT molecular complexity index is 215. The van der Waals surface area contributed by atoms with Crippen LogP contribution in [0.25, 0.3) is 0 Å². The van der Waals surface area contributed by atoms with Gasteiger partial charge < -0.3 is 9.84 Å². The molecule has 2 atom stereocenters. The van der Waals surface area contributed by atoms with E-state index in [0.717, 1.165) is 19.6 Å². The molecule has 0 aromatic carbocycles. The lowest BCUT2D eigenvalue weighted by Gasteiger charge is -2.34. The summed E-state index contributed by atoms with van der Waals surface area (Å²) in [6, 6.07) is 0. The van der Waals surface area contributed by atoms with Crippen molar-refractivity contribution in [3.05, 3.63) is 0 Å². The van der Waals surface area contributed by atoms with E-state index in [9.17, 15) is 5.11 Å². The molecule has 1 N–H and O–H groups in total. The lowest BCUT2D eigenvalue weighted by Crippen LogP contribution is -2.45. The fourth-order valence-electron chi connectivity index (χ4n) is 2.85. The van der Waals surface area contributed by atoms with Crippen molar-refractivity contribution in [1.29, 1.82) is 0 Å². The topological polar surface area (TPSA) is 32.7 Å². The van der Waals surface area contributed by atoms with Gasteiger partial charge in [0.2, 0.25) is 0 Å². The molecule has 0 amide bonds. The van der Waals surface area contributed by atoms with Crippen LogP contribution >= 0.6 is 0 Å². The highest BCUT2D eigenvalue weighted by atomic mass is 16.5. The van der Waals surface area contributed by atoms with Gasteiger partial charge in [0, 0.05) is 31.7 Å². The first kappa shape index (κ1) is 9.13. The van der Waals surface area contributed by atoms with Gasteiger partial charge in [0.05, 0.1) is 12.2 Å². The Hall–Kier alpha value is -0.120. The van der Waals surface area contributed by atoms with Gasteiger partial charge in [-0.15, -0.1) is 0 Å². The SMILES string of the molecule is OCC1(CN2CC3CCC(C2)O3)CC1. The van der Waals surface area contributed by atoms with Gasteiger partial charge in [0.15, 0.2) is 0 Å². The molecule has 3 nitrogen and oxygen atoms in total. The van der Waals surface area contributed by atoms with E-state index in [1.165, 1.54) is 25.7 Å². The molecule has 80 valence electrons. The third kappa shape index (κ3) is 1.58. The maximum atomic E-state index is 9.28. The van der Waals surface area contributed by atoms with Gasteiger partial charge in [-0.2, -0.15) is 0 Å². The van der Waals surface area contributed by atoms with Gasteiger partial charge in [0.1, 0.15) is 0 Å². The summed E-state index contributed by atoms with van der Waals surface area (Å²) in [6.07, 6.45) is 5.90. The molecular formula is C11H19NO2. The fraction of sp³-hybridized carbons (Fsp3) is 1.00. The summed E-state index contributed by atoms with van der Waals surface area (Å²) in [5.41, 5.74) is 0.275. The molecule has 1 saturated carbocycles. The van der Waals surface area contributed by atoms with Crippen molar-refractivity contribution in [3.63, 3.8) is 0 Å². The quantitative estimate of drug-likeness (QED) is 0.720. The fourth-order valence-corrected chi connectivity index (χ4v) is 2.85. The molecule has 2 aliphatic heterocycles. The Morgan fingerprint density at radius 3 is 2.36 bits per heavy atom. The molecule has 3 aliphatic rings. The van der Waals surface area contributed by atoms with Crippen LogP contribution in [0.3, 0.4) is 0 Å². The molecule has 0 spiro atoms. The Labute approximate surface area is 85.0 Å². The summed E-state index contributed by atoms with van der Waals surface area (Å²) in [5.74, 6) is 0. The molecule has 0 aromatic heterocycles. The molecule has 2 heterocycles. The molecule has 0 radical (unpaired) electrons. The van der Waals surface area contributed by atoms with Crippen molar-refractivity contribution in [2.24, 2.45) is 5.41 Å². The van der Waals surface area contributed by atoms with Gasteiger partial charge in [0.25, 0.3) is 0 Å². The van der Waals surface area contributed by atoms with Crippen molar-refractivity contribution in [2.75, 3.05) is 26.2 Å². The first-order valence-electron chi connectivity index (χ1n) is 5.78. The molecule has 2 saturated heterocycles. The van der Waals surface area contributed by atoms with Crippen molar-refractivity contribution in [1.82, 2.24) is 4.90 Å². The molecule has 2 bridgehead atoms. The Morgan fingerprint density at radius 2 is 1.86 bits per heavy atom. The standard InChI is InChI=1S/C11H19NO2/c13-8-11(3-4-11)7-12-5-9-1-2-10(6-12)14-9/h9-10,13H,1-8H2. The Balaban J connectivity index is 1.59. The zero-order valence-corrected chi connectivity index (χ0v) is 8.61. The van der Waals surface area contributed by atoms with E-state index >= 15 is 0 Å². The third-order valence-electron chi connectivity index (χ3n) is 3.97. The lowest BCUT2D eigenvalue weighted by molar-refractivity contribution is -0.0464. The van der Waals surface area contributed by atoms with Crippen LogP contribution in [0.5, 0.6) is 0 Å². The monoisotopic (exact) mass is 197 g/mol. The minimum absolute atomic E-state index is 0.275. The van der Waals surface area contributed by atoms with Crippen LogP contribution in [0, 0.1) is 5.41 Å². The first-order valence-corrected chi connectivity index (χ1v) is 5.78. The number of aliphatic hydroxyl groups excluding tert-OH is 1. The van der Waals surface area contributed by atoms with Crippen LogP contribution in [-0.4, -0.2) is 48.5 Å². The smallest absolute Gasteiger partial charge is 0.0707 e. The van der Waals surface area contributed by atoms with Crippen LogP contribution in [-0.2, 0) is 4.74 Å². The van der Waals surface area contributed by atoms with Gasteiger partial charge >= 0.3 is 0 Å². The molecule has 0 aromatic rings. The second-order valence-electron chi connectivity index (χ2n) is 5.31. The highest BCUT2D eigenvalue weighted by Gasteiger charge is 2.45. The van der Waals surface area contributed by atoms with Crippen molar-refractivity contribution in [3.8, 4) is 0 Å². The second kappa shape index (κ2) is 3.19. The number of hydrogen-bond acceptors (Lipinski definition) is 3. The number of fused-ring (bicyclic) bond motifs is 2. The summed E-state index contributed by atoms with van der Waals surface area (Å²) in [5, 5.41) is 9.28. The summed E-state index contributed by atoms with van der Waals surface area (Å²) < 4.78 is 5.79. The van der Waals surface area contributed by atoms with E-state index in [1.807, 2.05) is 0 Å². The molecular weight excluding hydrogens is 178 g/mol. The van der Waals surface area contributed by atoms with Crippen molar-refractivity contribution in [2.45, 2.75) is 37.9 Å². The van der Waals surface area contributed by atoms with Gasteiger partial charge in [-0.3, -0.25) is 4.90 Å².